The molecule has 1 saturated carbocycles. The maximum absolute atomic E-state index is 4.40. The molecule has 0 amide bonds. The quantitative estimate of drug-likeness (QED) is 0.362. The zero-order chi connectivity index (χ0) is 24.9. The molecule has 1 fully saturated rings. The number of rotatable bonds is 6. The first-order chi connectivity index (χ1) is 16.6. The van der Waals surface area contributed by atoms with Crippen molar-refractivity contribution >= 4 is 27.9 Å². The normalized spacial score (nSPS) is 13.9. The maximum atomic E-state index is 4.40. The lowest BCUT2D eigenvalue weighted by atomic mass is 9.87. The molecule has 3 nitrogen and oxygen atoms in total. The van der Waals surface area contributed by atoms with Crippen LogP contribution in [0.15, 0.2) is 73.7 Å². The molecular formula is C31H43N3. The van der Waals surface area contributed by atoms with Crippen molar-refractivity contribution < 1.29 is 0 Å². The topological polar surface area (TPSA) is 40.7 Å². The Kier molecular flexibility index (Phi) is 11.4. The number of anilines is 1. The number of aromatic nitrogens is 2. The van der Waals surface area contributed by atoms with Crippen LogP contribution in [0, 0.1) is 5.92 Å². The van der Waals surface area contributed by atoms with Crippen LogP contribution < -0.4 is 5.32 Å². The van der Waals surface area contributed by atoms with E-state index >= 15 is 0 Å². The van der Waals surface area contributed by atoms with E-state index in [0.717, 1.165) is 44.7 Å². The van der Waals surface area contributed by atoms with E-state index in [-0.39, 0.29) is 0 Å². The van der Waals surface area contributed by atoms with Crippen molar-refractivity contribution in [2.75, 3.05) is 5.32 Å². The number of nitrogens with one attached hydrogen (secondary N) is 2. The van der Waals surface area contributed by atoms with Gasteiger partial charge in [-0.2, -0.15) is 0 Å². The van der Waals surface area contributed by atoms with Crippen molar-refractivity contribution in [1.82, 2.24) is 9.97 Å². The third kappa shape index (κ3) is 6.96. The predicted molar refractivity (Wildman–Crippen MR) is 152 cm³/mol. The van der Waals surface area contributed by atoms with Crippen molar-refractivity contribution in [3.05, 3.63) is 84.8 Å². The molecule has 34 heavy (non-hydrogen) atoms. The Morgan fingerprint density at radius 2 is 1.68 bits per heavy atom. The summed E-state index contributed by atoms with van der Waals surface area (Å²) in [4.78, 5) is 7.58. The van der Waals surface area contributed by atoms with E-state index in [1.165, 1.54) is 38.5 Å². The molecule has 0 bridgehead atoms. The van der Waals surface area contributed by atoms with Gasteiger partial charge < -0.3 is 10.3 Å². The zero-order valence-electron chi connectivity index (χ0n) is 21.9. The van der Waals surface area contributed by atoms with Crippen LogP contribution in [0.2, 0.25) is 0 Å². The van der Waals surface area contributed by atoms with E-state index in [9.17, 15) is 0 Å². The zero-order valence-corrected chi connectivity index (χ0v) is 21.9. The molecule has 1 aliphatic carbocycles. The molecule has 1 aliphatic rings. The van der Waals surface area contributed by atoms with Crippen molar-refractivity contribution in [2.24, 2.45) is 5.92 Å². The van der Waals surface area contributed by atoms with Gasteiger partial charge in [-0.05, 0) is 72.2 Å². The van der Waals surface area contributed by atoms with Gasteiger partial charge in [-0.25, -0.2) is 4.98 Å². The van der Waals surface area contributed by atoms with E-state index in [1.807, 2.05) is 26.2 Å². The Bertz CT molecular complexity index is 1060. The highest BCUT2D eigenvalue weighted by molar-refractivity contribution is 6.09. The molecule has 4 rings (SSSR count). The molecule has 0 aliphatic heterocycles. The summed E-state index contributed by atoms with van der Waals surface area (Å²) in [7, 11) is 0. The largest absolute Gasteiger partial charge is 0.359 e. The summed E-state index contributed by atoms with van der Waals surface area (Å²) in [6, 6.07) is 12.6. The Hall–Kier alpha value is -3.07. The highest BCUT2D eigenvalue weighted by Gasteiger charge is 2.17. The van der Waals surface area contributed by atoms with Crippen LogP contribution in [-0.2, 0) is 0 Å². The van der Waals surface area contributed by atoms with Gasteiger partial charge in [0.05, 0.1) is 0 Å². The standard InChI is InChI=1S/C26H29N3.C3H8.C2H6/c1-4-23(24-14-16-27-26-25(24)15-17-28-26)18(2)20-10-12-22(13-11-20)29-19(3)21-8-6-5-7-9-21;1-3-2;1-2/h4,10-17,21,29H,2-3,5-9H2,1H3,(H,27,28);3H2,1-2H3;1-2H3/b23-4+;;. The van der Waals surface area contributed by atoms with Gasteiger partial charge in [0.25, 0.3) is 0 Å². The van der Waals surface area contributed by atoms with Crippen LogP contribution >= 0.6 is 0 Å². The Morgan fingerprint density at radius 1 is 1.03 bits per heavy atom. The second kappa shape index (κ2) is 14.2. The van der Waals surface area contributed by atoms with Gasteiger partial charge in [0, 0.05) is 29.2 Å². The molecule has 2 heterocycles. The minimum absolute atomic E-state index is 0.600. The van der Waals surface area contributed by atoms with Gasteiger partial charge >= 0.3 is 0 Å². The third-order valence-electron chi connectivity index (χ3n) is 6.00. The fourth-order valence-electron chi connectivity index (χ4n) is 4.34. The molecule has 2 aromatic heterocycles. The van der Waals surface area contributed by atoms with Gasteiger partial charge in [-0.3, -0.25) is 0 Å². The van der Waals surface area contributed by atoms with Crippen molar-refractivity contribution in [3.8, 4) is 0 Å². The van der Waals surface area contributed by atoms with Crippen LogP contribution in [0.1, 0.15) is 84.3 Å². The molecule has 3 aromatic rings. The molecule has 0 unspecified atom stereocenters. The van der Waals surface area contributed by atoms with Crippen molar-refractivity contribution in [3.63, 3.8) is 0 Å². The summed E-state index contributed by atoms with van der Waals surface area (Å²) in [5.41, 5.74) is 7.55. The molecule has 182 valence electrons. The Morgan fingerprint density at radius 3 is 2.29 bits per heavy atom. The maximum Gasteiger partial charge on any atom is 0.137 e. The minimum Gasteiger partial charge on any atom is -0.359 e. The lowest BCUT2D eigenvalue weighted by Gasteiger charge is -2.24. The van der Waals surface area contributed by atoms with Crippen LogP contribution in [0.25, 0.3) is 22.2 Å². The lowest BCUT2D eigenvalue weighted by molar-refractivity contribution is 0.405. The summed E-state index contributed by atoms with van der Waals surface area (Å²) in [6.07, 6.45) is 13.7. The van der Waals surface area contributed by atoms with Gasteiger partial charge in [-0.15, -0.1) is 0 Å². The van der Waals surface area contributed by atoms with Crippen LogP contribution in [0.3, 0.4) is 0 Å². The highest BCUT2D eigenvalue weighted by atomic mass is 14.9. The predicted octanol–water partition coefficient (Wildman–Crippen LogP) is 9.63. The Labute approximate surface area is 207 Å². The molecular weight excluding hydrogens is 414 g/mol. The first-order valence-corrected chi connectivity index (χ1v) is 12.9. The minimum atomic E-state index is 0.600. The number of hydrogen-bond donors (Lipinski definition) is 2. The number of allylic oxidation sites excluding steroid dienone is 4. The average molecular weight is 458 g/mol. The van der Waals surface area contributed by atoms with Gasteiger partial charge in [0.15, 0.2) is 0 Å². The Balaban J connectivity index is 0.000000758. The smallest absolute Gasteiger partial charge is 0.137 e. The number of nitrogens with zero attached hydrogens (tertiary/aromatic N) is 1. The lowest BCUT2D eigenvalue weighted by Crippen LogP contribution is -2.14. The molecule has 1 aromatic carbocycles. The van der Waals surface area contributed by atoms with E-state index < -0.39 is 0 Å². The first-order valence-electron chi connectivity index (χ1n) is 12.9. The van der Waals surface area contributed by atoms with Gasteiger partial charge in [0.2, 0.25) is 0 Å². The summed E-state index contributed by atoms with van der Waals surface area (Å²) >= 11 is 0. The average Bonchev–Trinajstić information content (AvgIpc) is 3.37. The number of aromatic amines is 1. The van der Waals surface area contributed by atoms with Crippen LogP contribution in [-0.4, -0.2) is 9.97 Å². The monoisotopic (exact) mass is 457 g/mol. The first kappa shape index (κ1) is 27.2. The molecule has 0 saturated heterocycles. The SMILES string of the molecule is C=C(/C(=C\C)c1ccnc2[nH]ccc12)c1ccc(NC(=C)C2CCCCC2)cc1.CC.CCC. The molecule has 2 N–H and O–H groups in total. The van der Waals surface area contributed by atoms with Gasteiger partial charge in [-0.1, -0.05) is 84.7 Å². The van der Waals surface area contributed by atoms with Gasteiger partial charge in [0.1, 0.15) is 5.65 Å². The fourth-order valence-corrected chi connectivity index (χ4v) is 4.34. The summed E-state index contributed by atoms with van der Waals surface area (Å²) in [6.45, 7) is 19.0. The van der Waals surface area contributed by atoms with Crippen molar-refractivity contribution in [2.45, 2.75) is 73.1 Å². The summed E-state index contributed by atoms with van der Waals surface area (Å²) < 4.78 is 0. The molecule has 0 radical (unpaired) electrons. The number of pyridine rings is 1. The fraction of sp³-hybridized carbons (Fsp3) is 0.387. The van der Waals surface area contributed by atoms with Crippen LogP contribution in [0.4, 0.5) is 5.69 Å². The van der Waals surface area contributed by atoms with E-state index in [4.69, 9.17) is 0 Å². The summed E-state index contributed by atoms with van der Waals surface area (Å²) in [5, 5.41) is 4.64. The second-order valence-corrected chi connectivity index (χ2v) is 8.55. The number of hydrogen-bond acceptors (Lipinski definition) is 2. The molecule has 0 spiro atoms. The number of H-pyrrole nitrogens is 1. The van der Waals surface area contributed by atoms with E-state index in [1.54, 1.807) is 0 Å². The number of fused-ring (bicyclic) bond motifs is 1. The second-order valence-electron chi connectivity index (χ2n) is 8.55. The van der Waals surface area contributed by atoms with Crippen LogP contribution in [0.5, 0.6) is 0 Å². The summed E-state index contributed by atoms with van der Waals surface area (Å²) in [5.74, 6) is 0.600. The van der Waals surface area contributed by atoms with Crippen molar-refractivity contribution in [1.29, 1.82) is 0 Å². The molecule has 3 heteroatoms. The molecule has 0 atom stereocenters. The number of benzene rings is 1. The van der Waals surface area contributed by atoms with E-state index in [0.29, 0.717) is 5.92 Å². The third-order valence-corrected chi connectivity index (χ3v) is 6.00. The highest BCUT2D eigenvalue weighted by Crippen LogP contribution is 2.34. The van der Waals surface area contributed by atoms with E-state index in [2.05, 4.69) is 91.7 Å².